The smallest absolute Gasteiger partial charge is 0.494 e. The first kappa shape index (κ1) is 22.9. The molecule has 0 bridgehead atoms. The summed E-state index contributed by atoms with van der Waals surface area (Å²) >= 11 is 3.24. The topological polar surface area (TPSA) is 113 Å². The largest absolute Gasteiger partial charge is 0.521 e. The minimum absolute atomic E-state index is 0.116. The maximum absolute atomic E-state index is 11.7. The van der Waals surface area contributed by atoms with Crippen molar-refractivity contribution in [1.82, 2.24) is 0 Å². The molecule has 0 radical (unpaired) electrons. The molecule has 1 aliphatic rings. The van der Waals surface area contributed by atoms with Gasteiger partial charge < -0.3 is 13.7 Å². The molecule has 2 aromatic carbocycles. The van der Waals surface area contributed by atoms with Crippen LogP contribution < -0.4 is 14.2 Å². The minimum Gasteiger partial charge on any atom is -0.494 e. The molecule has 0 aromatic heterocycles. The monoisotopic (exact) mass is 512 g/mol. The second-order valence-corrected chi connectivity index (χ2v) is 9.08. The van der Waals surface area contributed by atoms with E-state index in [4.69, 9.17) is 13.7 Å². The second-order valence-electron chi connectivity index (χ2n) is 7.03. The zero-order chi connectivity index (χ0) is 22.5. The molecule has 0 fully saturated rings. The first-order chi connectivity index (χ1) is 14.6. The fraction of sp³-hybridized carbons (Fsp3) is 0.300. The highest BCUT2D eigenvalue weighted by molar-refractivity contribution is 9.10. The molecule has 9 nitrogen and oxygen atoms in total. The lowest BCUT2D eigenvalue weighted by molar-refractivity contribution is 0.0418. The van der Waals surface area contributed by atoms with E-state index >= 15 is 0 Å². The SMILES string of the molecule is CC1(C)OC(=O)Nc2ccc(OCCCC=NOS(=O)(=O)Oc3ccc(Br)cc3)cc21. The van der Waals surface area contributed by atoms with E-state index < -0.39 is 22.1 Å². The molecule has 2 aromatic rings. The number of hydrogen-bond donors (Lipinski definition) is 1. The van der Waals surface area contributed by atoms with Crippen LogP contribution in [0.15, 0.2) is 52.1 Å². The van der Waals surface area contributed by atoms with E-state index in [9.17, 15) is 13.2 Å². The normalized spacial score (nSPS) is 15.0. The van der Waals surface area contributed by atoms with Crippen LogP contribution in [-0.2, 0) is 25.0 Å². The molecule has 11 heteroatoms. The van der Waals surface area contributed by atoms with Crippen LogP contribution in [-0.4, -0.2) is 27.3 Å². The van der Waals surface area contributed by atoms with Crippen molar-refractivity contribution in [2.45, 2.75) is 32.3 Å². The molecule has 166 valence electrons. The maximum atomic E-state index is 11.7. The van der Waals surface area contributed by atoms with E-state index in [0.29, 0.717) is 30.9 Å². The van der Waals surface area contributed by atoms with Crippen molar-refractivity contribution in [3.63, 3.8) is 0 Å². The number of anilines is 1. The molecule has 3 rings (SSSR count). The highest BCUT2D eigenvalue weighted by Crippen LogP contribution is 2.37. The van der Waals surface area contributed by atoms with Crippen molar-refractivity contribution < 1.29 is 31.2 Å². The number of unbranched alkanes of at least 4 members (excludes halogenated alkanes) is 1. The van der Waals surface area contributed by atoms with Gasteiger partial charge in [-0.1, -0.05) is 21.1 Å². The average molecular weight is 513 g/mol. The molecular weight excluding hydrogens is 492 g/mol. The van der Waals surface area contributed by atoms with E-state index in [1.807, 2.05) is 6.07 Å². The van der Waals surface area contributed by atoms with E-state index in [1.165, 1.54) is 18.3 Å². The van der Waals surface area contributed by atoms with Gasteiger partial charge in [-0.25, -0.2) is 9.08 Å². The van der Waals surface area contributed by atoms with E-state index in [1.54, 1.807) is 38.1 Å². The van der Waals surface area contributed by atoms with Crippen LogP contribution in [0.5, 0.6) is 11.5 Å². The van der Waals surface area contributed by atoms with Crippen molar-refractivity contribution in [2.75, 3.05) is 11.9 Å². The zero-order valence-corrected chi connectivity index (χ0v) is 19.2. The fourth-order valence-electron chi connectivity index (χ4n) is 2.77. The van der Waals surface area contributed by atoms with Crippen molar-refractivity contribution in [3.8, 4) is 11.5 Å². The Balaban J connectivity index is 1.42. The molecule has 0 saturated carbocycles. The van der Waals surface area contributed by atoms with Gasteiger partial charge in [0.15, 0.2) is 0 Å². The summed E-state index contributed by atoms with van der Waals surface area (Å²) < 4.78 is 44.4. The van der Waals surface area contributed by atoms with Crippen LogP contribution >= 0.6 is 15.9 Å². The number of rotatable bonds is 9. The number of carbonyl (C=O) groups excluding carboxylic acids is 1. The van der Waals surface area contributed by atoms with Gasteiger partial charge in [0.2, 0.25) is 0 Å². The molecule has 1 aliphatic heterocycles. The summed E-state index contributed by atoms with van der Waals surface area (Å²) in [5.74, 6) is 0.746. The lowest BCUT2D eigenvalue weighted by atomic mass is 9.94. The number of halogens is 1. The fourth-order valence-corrected chi connectivity index (χ4v) is 3.57. The number of fused-ring (bicyclic) bond motifs is 1. The summed E-state index contributed by atoms with van der Waals surface area (Å²) in [6, 6.07) is 11.6. The molecule has 0 atom stereocenters. The Hall–Kier alpha value is -2.79. The van der Waals surface area contributed by atoms with Crippen LogP contribution in [0.2, 0.25) is 0 Å². The molecule has 0 unspecified atom stereocenters. The van der Waals surface area contributed by atoms with Gasteiger partial charge in [0.25, 0.3) is 0 Å². The van der Waals surface area contributed by atoms with Crippen LogP contribution in [0, 0.1) is 0 Å². The van der Waals surface area contributed by atoms with Crippen LogP contribution in [0.25, 0.3) is 0 Å². The quantitative estimate of drug-likeness (QED) is 0.293. The van der Waals surface area contributed by atoms with Gasteiger partial charge in [-0.05, 0) is 69.2 Å². The third-order valence-electron chi connectivity index (χ3n) is 4.19. The highest BCUT2D eigenvalue weighted by Gasteiger charge is 2.33. The van der Waals surface area contributed by atoms with Crippen LogP contribution in [0.4, 0.5) is 10.5 Å². The van der Waals surface area contributed by atoms with Crippen molar-refractivity contribution in [2.24, 2.45) is 5.16 Å². The Morgan fingerprint density at radius 1 is 1.16 bits per heavy atom. The van der Waals surface area contributed by atoms with Crippen LogP contribution in [0.1, 0.15) is 32.3 Å². The van der Waals surface area contributed by atoms with Gasteiger partial charge >= 0.3 is 16.5 Å². The molecule has 1 amide bonds. The molecular formula is C20H21BrN2O7S. The number of ether oxygens (including phenoxy) is 2. The minimum atomic E-state index is -4.29. The average Bonchev–Trinajstić information content (AvgIpc) is 2.68. The maximum Gasteiger partial charge on any atom is 0.521 e. The second kappa shape index (κ2) is 9.56. The number of oxime groups is 1. The van der Waals surface area contributed by atoms with Gasteiger partial charge in [-0.3, -0.25) is 5.32 Å². The van der Waals surface area contributed by atoms with E-state index in [0.717, 1.165) is 10.0 Å². The number of benzene rings is 2. The highest BCUT2D eigenvalue weighted by atomic mass is 79.9. The lowest BCUT2D eigenvalue weighted by Crippen LogP contribution is -2.34. The number of hydrogen-bond acceptors (Lipinski definition) is 8. The van der Waals surface area contributed by atoms with Crippen molar-refractivity contribution >= 4 is 44.3 Å². The molecule has 1 N–H and O–H groups in total. The predicted octanol–water partition coefficient (Wildman–Crippen LogP) is 4.73. The van der Waals surface area contributed by atoms with Gasteiger partial charge in [-0.2, -0.15) is 0 Å². The summed E-state index contributed by atoms with van der Waals surface area (Å²) in [4.78, 5) is 11.6. The summed E-state index contributed by atoms with van der Waals surface area (Å²) in [5, 5.41) is 6.08. The van der Waals surface area contributed by atoms with Crippen molar-refractivity contribution in [3.05, 3.63) is 52.5 Å². The Morgan fingerprint density at radius 3 is 2.61 bits per heavy atom. The molecule has 0 aliphatic carbocycles. The number of carbonyl (C=O) groups is 1. The van der Waals surface area contributed by atoms with E-state index in [2.05, 4.69) is 30.7 Å². The number of amides is 1. The number of nitrogens with one attached hydrogen (secondary N) is 1. The van der Waals surface area contributed by atoms with Gasteiger partial charge in [0.1, 0.15) is 17.1 Å². The molecule has 0 saturated heterocycles. The van der Waals surface area contributed by atoms with Crippen molar-refractivity contribution in [1.29, 1.82) is 0 Å². The van der Waals surface area contributed by atoms with Crippen LogP contribution in [0.3, 0.4) is 0 Å². The molecule has 0 spiro atoms. The van der Waals surface area contributed by atoms with E-state index in [-0.39, 0.29) is 5.75 Å². The first-order valence-electron chi connectivity index (χ1n) is 9.32. The first-order valence-corrected chi connectivity index (χ1v) is 11.4. The summed E-state index contributed by atoms with van der Waals surface area (Å²) in [6.45, 7) is 3.99. The number of cyclic esters (lactones) is 1. The van der Waals surface area contributed by atoms with Gasteiger partial charge in [0, 0.05) is 16.3 Å². The predicted molar refractivity (Wildman–Crippen MR) is 118 cm³/mol. The number of nitrogens with zero attached hydrogens (tertiary/aromatic N) is 1. The summed E-state index contributed by atoms with van der Waals surface area (Å²) in [5.41, 5.74) is 0.741. The third-order valence-corrected chi connectivity index (χ3v) is 5.39. The summed E-state index contributed by atoms with van der Waals surface area (Å²) in [6.07, 6.45) is 1.85. The van der Waals surface area contributed by atoms with Gasteiger partial charge in [-0.15, -0.1) is 8.42 Å². The molecule has 1 heterocycles. The molecule has 31 heavy (non-hydrogen) atoms. The third kappa shape index (κ3) is 6.59. The Labute approximate surface area is 188 Å². The lowest BCUT2D eigenvalue weighted by Gasteiger charge is -2.32. The Morgan fingerprint density at radius 2 is 1.87 bits per heavy atom. The van der Waals surface area contributed by atoms with Gasteiger partial charge in [0.05, 0.1) is 12.3 Å². The summed E-state index contributed by atoms with van der Waals surface area (Å²) in [7, 11) is -4.29. The Kier molecular flexibility index (Phi) is 7.06. The standard InChI is InChI=1S/C20H21BrN2O7S/c1-20(2)17-13-16(9-10-18(17)23-19(24)28-20)27-12-4-3-11-22-30-31(25,26)29-15-7-5-14(21)6-8-15/h5-11,13H,3-4,12H2,1-2H3,(H,23,24). The zero-order valence-electron chi connectivity index (χ0n) is 16.8. The Bertz CT molecular complexity index is 1070.